The molecule has 0 radical (unpaired) electrons. The van der Waals surface area contributed by atoms with Crippen molar-refractivity contribution in [3.05, 3.63) is 12.3 Å². The van der Waals surface area contributed by atoms with Crippen molar-refractivity contribution in [2.45, 2.75) is 17.7 Å². The van der Waals surface area contributed by atoms with Gasteiger partial charge in [0.15, 0.2) is 5.03 Å². The zero-order chi connectivity index (χ0) is 17.0. The molecule has 12 heteroatoms. The van der Waals surface area contributed by atoms with Gasteiger partial charge in [0.25, 0.3) is 10.0 Å². The Morgan fingerprint density at radius 3 is 2.64 bits per heavy atom. The molecule has 0 atom stereocenters. The molecular weight excluding hydrogens is 331 g/mol. The Morgan fingerprint density at radius 1 is 1.50 bits per heavy atom. The first-order valence-electron chi connectivity index (χ1n) is 5.87. The highest BCUT2D eigenvalue weighted by atomic mass is 32.2. The van der Waals surface area contributed by atoms with Crippen molar-refractivity contribution in [1.29, 1.82) is 0 Å². The van der Waals surface area contributed by atoms with E-state index in [0.717, 1.165) is 12.3 Å². The summed E-state index contributed by atoms with van der Waals surface area (Å²) in [4.78, 5) is 10.7. The van der Waals surface area contributed by atoms with Crippen LogP contribution in [0.3, 0.4) is 0 Å². The molecule has 0 saturated heterocycles. The summed E-state index contributed by atoms with van der Waals surface area (Å²) in [5.74, 6) is -1.41. The maximum absolute atomic E-state index is 12.2. The fraction of sp³-hybridized carbons (Fsp3) is 0.600. The number of carbonyl (C=O) groups is 1. The summed E-state index contributed by atoms with van der Waals surface area (Å²) in [6.07, 6.45) is -3.69. The highest BCUT2D eigenvalue weighted by molar-refractivity contribution is 7.89. The Kier molecular flexibility index (Phi) is 5.91. The average Bonchev–Trinajstić information content (AvgIpc) is 2.80. The van der Waals surface area contributed by atoms with E-state index < -0.39 is 40.3 Å². The minimum atomic E-state index is -4.55. The molecule has 1 aromatic heterocycles. The zero-order valence-corrected chi connectivity index (χ0v) is 12.3. The minimum Gasteiger partial charge on any atom is -0.480 e. The van der Waals surface area contributed by atoms with Crippen molar-refractivity contribution in [3.63, 3.8) is 0 Å². The molecule has 1 heterocycles. The van der Waals surface area contributed by atoms with Gasteiger partial charge < -0.3 is 9.84 Å². The predicted molar refractivity (Wildman–Crippen MR) is 66.6 cm³/mol. The van der Waals surface area contributed by atoms with E-state index in [2.05, 4.69) is 9.84 Å². The van der Waals surface area contributed by atoms with Crippen molar-refractivity contribution in [2.75, 3.05) is 26.8 Å². The van der Waals surface area contributed by atoms with Gasteiger partial charge in [0, 0.05) is 19.9 Å². The first kappa shape index (κ1) is 18.4. The lowest BCUT2D eigenvalue weighted by Gasteiger charge is -2.18. The van der Waals surface area contributed by atoms with E-state index in [1.54, 1.807) is 0 Å². The van der Waals surface area contributed by atoms with Crippen LogP contribution in [0.2, 0.25) is 0 Å². The monoisotopic (exact) mass is 345 g/mol. The van der Waals surface area contributed by atoms with Crippen LogP contribution in [0.25, 0.3) is 0 Å². The third-order valence-electron chi connectivity index (χ3n) is 2.42. The fourth-order valence-electron chi connectivity index (χ4n) is 1.51. The Balaban J connectivity index is 3.01. The van der Waals surface area contributed by atoms with E-state index >= 15 is 0 Å². The van der Waals surface area contributed by atoms with Gasteiger partial charge in [-0.2, -0.15) is 22.6 Å². The highest BCUT2D eigenvalue weighted by Crippen LogP contribution is 2.19. The fourth-order valence-corrected chi connectivity index (χ4v) is 2.81. The lowest BCUT2D eigenvalue weighted by atomic mass is 10.6. The Morgan fingerprint density at radius 2 is 2.14 bits per heavy atom. The van der Waals surface area contributed by atoms with Gasteiger partial charge in [-0.05, 0) is 6.07 Å². The maximum Gasteiger partial charge on any atom is 0.408 e. The van der Waals surface area contributed by atoms with Crippen molar-refractivity contribution in [3.8, 4) is 0 Å². The number of hydrogen-bond acceptors (Lipinski definition) is 5. The summed E-state index contributed by atoms with van der Waals surface area (Å²) in [5, 5.41) is 11.4. The van der Waals surface area contributed by atoms with Crippen LogP contribution in [0.5, 0.6) is 0 Å². The quantitative estimate of drug-likeness (QED) is 0.720. The molecule has 0 amide bonds. The number of methoxy groups -OCH3 is 1. The van der Waals surface area contributed by atoms with E-state index in [1.807, 2.05) is 0 Å². The Labute approximate surface area is 124 Å². The standard InChI is InChI=1S/C10H14F3N3O5S/c1-21-5-4-16(6-9(17)18)22(19,20)8-2-3-15(14-8)7-10(11,12)13/h2-3H,4-7H2,1H3,(H,17,18). The summed E-state index contributed by atoms with van der Waals surface area (Å²) in [7, 11) is -3.03. The molecule has 0 saturated carbocycles. The van der Waals surface area contributed by atoms with E-state index in [9.17, 15) is 26.4 Å². The Hall–Kier alpha value is -1.66. The highest BCUT2D eigenvalue weighted by Gasteiger charge is 2.31. The molecule has 1 N–H and O–H groups in total. The molecule has 0 unspecified atom stereocenters. The number of rotatable bonds is 8. The predicted octanol–water partition coefficient (Wildman–Crippen LogP) is 0.167. The largest absolute Gasteiger partial charge is 0.480 e. The molecule has 0 aliphatic carbocycles. The van der Waals surface area contributed by atoms with Gasteiger partial charge in [-0.15, -0.1) is 0 Å². The summed E-state index contributed by atoms with van der Waals surface area (Å²) in [6, 6.07) is 0.878. The summed E-state index contributed by atoms with van der Waals surface area (Å²) < 4.78 is 66.8. The van der Waals surface area contributed by atoms with Crippen LogP contribution in [0.15, 0.2) is 17.3 Å². The number of carboxylic acid groups (broad SMARTS) is 1. The van der Waals surface area contributed by atoms with Crippen molar-refractivity contribution >= 4 is 16.0 Å². The van der Waals surface area contributed by atoms with Crippen LogP contribution in [0.1, 0.15) is 0 Å². The van der Waals surface area contributed by atoms with Gasteiger partial charge >= 0.3 is 12.1 Å². The van der Waals surface area contributed by atoms with E-state index in [0.29, 0.717) is 8.99 Å². The van der Waals surface area contributed by atoms with E-state index in [-0.39, 0.29) is 13.2 Å². The van der Waals surface area contributed by atoms with Gasteiger partial charge in [0.05, 0.1) is 6.61 Å². The molecule has 126 valence electrons. The van der Waals surface area contributed by atoms with Crippen LogP contribution in [0.4, 0.5) is 13.2 Å². The summed E-state index contributed by atoms with van der Waals surface area (Å²) in [5.41, 5.74) is 0. The molecule has 1 aromatic rings. The molecule has 1 rings (SSSR count). The second kappa shape index (κ2) is 7.07. The zero-order valence-electron chi connectivity index (χ0n) is 11.4. The molecular formula is C10H14F3N3O5S. The molecule has 0 aromatic carbocycles. The molecule has 22 heavy (non-hydrogen) atoms. The number of nitrogens with zero attached hydrogens (tertiary/aromatic N) is 3. The number of aromatic nitrogens is 2. The number of carboxylic acids is 1. The Bertz CT molecular complexity index is 614. The SMILES string of the molecule is COCCN(CC(=O)O)S(=O)(=O)c1ccn(CC(F)(F)F)n1. The second-order valence-electron chi connectivity index (χ2n) is 4.19. The van der Waals surface area contributed by atoms with E-state index in [4.69, 9.17) is 5.11 Å². The van der Waals surface area contributed by atoms with Gasteiger partial charge in [-0.1, -0.05) is 0 Å². The lowest BCUT2D eigenvalue weighted by Crippen LogP contribution is -2.38. The third-order valence-corrected chi connectivity index (χ3v) is 4.16. The molecule has 0 fully saturated rings. The number of hydrogen-bond donors (Lipinski definition) is 1. The van der Waals surface area contributed by atoms with Gasteiger partial charge in [-0.3, -0.25) is 9.48 Å². The van der Waals surface area contributed by atoms with Crippen molar-refractivity contribution < 1.29 is 36.2 Å². The maximum atomic E-state index is 12.2. The number of ether oxygens (including phenoxy) is 1. The van der Waals surface area contributed by atoms with Crippen LogP contribution in [-0.4, -0.2) is 66.6 Å². The molecule has 0 aliphatic rings. The van der Waals surface area contributed by atoms with E-state index in [1.165, 1.54) is 7.11 Å². The van der Waals surface area contributed by atoms with Crippen LogP contribution in [-0.2, 0) is 26.1 Å². The third kappa shape index (κ3) is 5.27. The molecule has 8 nitrogen and oxygen atoms in total. The van der Waals surface area contributed by atoms with Gasteiger partial charge in [0.2, 0.25) is 0 Å². The van der Waals surface area contributed by atoms with Crippen molar-refractivity contribution in [2.24, 2.45) is 0 Å². The smallest absolute Gasteiger partial charge is 0.408 e. The molecule has 0 bridgehead atoms. The van der Waals surface area contributed by atoms with Crippen molar-refractivity contribution in [1.82, 2.24) is 14.1 Å². The topological polar surface area (TPSA) is 102 Å². The summed E-state index contributed by atoms with van der Waals surface area (Å²) in [6.45, 7) is -2.63. The molecule has 0 aliphatic heterocycles. The molecule has 0 spiro atoms. The number of alkyl halides is 3. The lowest BCUT2D eigenvalue weighted by molar-refractivity contribution is -0.142. The number of aliphatic carboxylic acids is 1. The van der Waals surface area contributed by atoms with Gasteiger partial charge in [0.1, 0.15) is 13.1 Å². The second-order valence-corrected chi connectivity index (χ2v) is 6.08. The minimum absolute atomic E-state index is 0.0736. The van der Waals surface area contributed by atoms with Crippen LogP contribution < -0.4 is 0 Å². The first-order valence-corrected chi connectivity index (χ1v) is 7.31. The van der Waals surface area contributed by atoms with Gasteiger partial charge in [-0.25, -0.2) is 8.42 Å². The van der Waals surface area contributed by atoms with Crippen LogP contribution in [0, 0.1) is 0 Å². The first-order chi connectivity index (χ1) is 10.1. The number of halogens is 3. The van der Waals surface area contributed by atoms with Crippen LogP contribution >= 0.6 is 0 Å². The number of sulfonamides is 1. The summed E-state index contributed by atoms with van der Waals surface area (Å²) >= 11 is 0. The average molecular weight is 345 g/mol. The normalized spacial score (nSPS) is 12.8.